The molecule has 8 nitrogen and oxygen atoms in total. The van der Waals surface area contributed by atoms with E-state index in [0.717, 1.165) is 12.1 Å². The van der Waals surface area contributed by atoms with Crippen LogP contribution in [-0.2, 0) is 25.9 Å². The largest absolute Gasteiger partial charge is 0.450 e. The monoisotopic (exact) mass is 473 g/mol. The van der Waals surface area contributed by atoms with Crippen LogP contribution < -0.4 is 0 Å². The molecule has 33 heavy (non-hydrogen) atoms. The molecule has 2 heterocycles. The second-order valence-electron chi connectivity index (χ2n) is 7.66. The molecule has 10 heteroatoms. The summed E-state index contributed by atoms with van der Waals surface area (Å²) in [4.78, 5) is 28.1. The first-order chi connectivity index (χ1) is 15.8. The average molecular weight is 474 g/mol. The van der Waals surface area contributed by atoms with Crippen molar-refractivity contribution in [2.45, 2.75) is 23.3 Å². The predicted octanol–water partition coefficient (Wildman–Crippen LogP) is 2.91. The van der Waals surface area contributed by atoms with E-state index in [-0.39, 0.29) is 22.2 Å². The SMILES string of the molecule is CCOC(=O)N1CCN(C(=O)Cn2cc(S(=O)(=O)c3ccc(F)cc3)c3ccccc32)CC1. The highest BCUT2D eigenvalue weighted by molar-refractivity contribution is 7.91. The van der Waals surface area contributed by atoms with E-state index in [9.17, 15) is 22.4 Å². The number of carbonyl (C=O) groups excluding carboxylic acids is 2. The second kappa shape index (κ2) is 9.22. The molecule has 0 aliphatic carbocycles. The highest BCUT2D eigenvalue weighted by Gasteiger charge is 2.27. The number of para-hydroxylation sites is 1. The summed E-state index contributed by atoms with van der Waals surface area (Å²) in [6.07, 6.45) is 1.06. The number of rotatable bonds is 5. The van der Waals surface area contributed by atoms with Gasteiger partial charge in [-0.3, -0.25) is 4.79 Å². The molecule has 0 bridgehead atoms. The molecule has 2 aromatic carbocycles. The Balaban J connectivity index is 1.57. The number of aromatic nitrogens is 1. The zero-order valence-electron chi connectivity index (χ0n) is 18.1. The molecular formula is C23H24FN3O5S. The van der Waals surface area contributed by atoms with Gasteiger partial charge in [0.05, 0.1) is 16.4 Å². The molecule has 0 unspecified atom stereocenters. The van der Waals surface area contributed by atoms with Gasteiger partial charge in [-0.05, 0) is 37.3 Å². The average Bonchev–Trinajstić information content (AvgIpc) is 3.19. The van der Waals surface area contributed by atoms with Gasteiger partial charge in [-0.1, -0.05) is 18.2 Å². The van der Waals surface area contributed by atoms with Crippen molar-refractivity contribution in [2.75, 3.05) is 32.8 Å². The van der Waals surface area contributed by atoms with Gasteiger partial charge in [0.2, 0.25) is 15.7 Å². The molecule has 0 saturated carbocycles. The number of piperazine rings is 1. The lowest BCUT2D eigenvalue weighted by Gasteiger charge is -2.34. The van der Waals surface area contributed by atoms with Crippen LogP contribution in [0.15, 0.2) is 64.5 Å². The Hall–Kier alpha value is -3.40. The Morgan fingerprint density at radius 2 is 1.61 bits per heavy atom. The minimum atomic E-state index is -3.91. The van der Waals surface area contributed by atoms with Crippen LogP contribution in [0, 0.1) is 5.82 Å². The topological polar surface area (TPSA) is 88.9 Å². The van der Waals surface area contributed by atoms with Gasteiger partial charge in [-0.2, -0.15) is 0 Å². The van der Waals surface area contributed by atoms with E-state index in [1.165, 1.54) is 18.3 Å². The highest BCUT2D eigenvalue weighted by Crippen LogP contribution is 2.30. The Morgan fingerprint density at radius 3 is 2.27 bits per heavy atom. The van der Waals surface area contributed by atoms with E-state index >= 15 is 0 Å². The summed E-state index contributed by atoms with van der Waals surface area (Å²) in [5, 5.41) is 0.488. The van der Waals surface area contributed by atoms with Crippen LogP contribution in [0.25, 0.3) is 10.9 Å². The summed E-state index contributed by atoms with van der Waals surface area (Å²) >= 11 is 0. The van der Waals surface area contributed by atoms with E-state index in [4.69, 9.17) is 4.74 Å². The number of halogens is 1. The number of ether oxygens (including phenoxy) is 1. The molecule has 4 rings (SSSR count). The highest BCUT2D eigenvalue weighted by atomic mass is 32.2. The quantitative estimate of drug-likeness (QED) is 0.532. The fraction of sp³-hybridized carbons (Fsp3) is 0.304. The molecular weight excluding hydrogens is 449 g/mol. The molecule has 1 fully saturated rings. The lowest BCUT2D eigenvalue weighted by Crippen LogP contribution is -2.51. The van der Waals surface area contributed by atoms with Gasteiger partial charge in [0.15, 0.2) is 0 Å². The van der Waals surface area contributed by atoms with Crippen molar-refractivity contribution in [3.63, 3.8) is 0 Å². The predicted molar refractivity (Wildman–Crippen MR) is 119 cm³/mol. The first kappa shape index (κ1) is 22.8. The minimum Gasteiger partial charge on any atom is -0.450 e. The number of hydrogen-bond donors (Lipinski definition) is 0. The van der Waals surface area contributed by atoms with Crippen molar-refractivity contribution < 1.29 is 27.1 Å². The van der Waals surface area contributed by atoms with Crippen molar-refractivity contribution in [1.29, 1.82) is 0 Å². The van der Waals surface area contributed by atoms with Gasteiger partial charge in [0, 0.05) is 43.3 Å². The molecule has 1 aliphatic rings. The second-order valence-corrected chi connectivity index (χ2v) is 9.58. The van der Waals surface area contributed by atoms with Crippen LogP contribution in [0.4, 0.5) is 9.18 Å². The summed E-state index contributed by atoms with van der Waals surface area (Å²) in [5.41, 5.74) is 0.608. The number of nitrogens with zero attached hydrogens (tertiary/aromatic N) is 3. The van der Waals surface area contributed by atoms with E-state index in [2.05, 4.69) is 0 Å². The fourth-order valence-corrected chi connectivity index (χ4v) is 5.37. The number of carbonyl (C=O) groups is 2. The third-order valence-corrected chi connectivity index (χ3v) is 7.43. The molecule has 3 aromatic rings. The van der Waals surface area contributed by atoms with Crippen LogP contribution in [0.2, 0.25) is 0 Å². The first-order valence-electron chi connectivity index (χ1n) is 10.6. The smallest absolute Gasteiger partial charge is 0.409 e. The van der Waals surface area contributed by atoms with Crippen molar-refractivity contribution in [1.82, 2.24) is 14.4 Å². The number of amides is 2. The molecule has 0 atom stereocenters. The zero-order valence-corrected chi connectivity index (χ0v) is 18.9. The number of fused-ring (bicyclic) bond motifs is 1. The van der Waals surface area contributed by atoms with Gasteiger partial charge in [-0.15, -0.1) is 0 Å². The van der Waals surface area contributed by atoms with E-state index in [0.29, 0.717) is 43.7 Å². The molecule has 0 N–H and O–H groups in total. The molecule has 174 valence electrons. The zero-order chi connectivity index (χ0) is 23.6. The van der Waals surface area contributed by atoms with Gasteiger partial charge < -0.3 is 19.1 Å². The fourth-order valence-electron chi connectivity index (χ4n) is 3.90. The molecule has 2 amide bonds. The summed E-state index contributed by atoms with van der Waals surface area (Å²) in [5.74, 6) is -0.699. The van der Waals surface area contributed by atoms with Crippen LogP contribution in [-0.4, -0.2) is 67.6 Å². The lowest BCUT2D eigenvalue weighted by molar-refractivity contribution is -0.133. The third-order valence-electron chi connectivity index (χ3n) is 5.63. The summed E-state index contributed by atoms with van der Waals surface area (Å²) in [7, 11) is -3.91. The molecule has 0 spiro atoms. The maximum Gasteiger partial charge on any atom is 0.409 e. The third kappa shape index (κ3) is 4.56. The van der Waals surface area contributed by atoms with Gasteiger partial charge in [0.1, 0.15) is 12.4 Å². The normalized spacial score (nSPS) is 14.5. The van der Waals surface area contributed by atoms with Crippen molar-refractivity contribution >= 4 is 32.7 Å². The first-order valence-corrected chi connectivity index (χ1v) is 12.1. The summed E-state index contributed by atoms with van der Waals surface area (Å²) in [6.45, 7) is 3.49. The standard InChI is InChI=1S/C23H24FN3O5S/c1-2-32-23(29)26-13-11-25(12-14-26)22(28)16-27-15-21(19-5-3-4-6-20(19)27)33(30,31)18-9-7-17(24)8-10-18/h3-10,15H,2,11-14,16H2,1H3. The van der Waals surface area contributed by atoms with Crippen molar-refractivity contribution in [3.8, 4) is 0 Å². The van der Waals surface area contributed by atoms with Gasteiger partial charge in [-0.25, -0.2) is 17.6 Å². The number of sulfone groups is 1. The molecule has 1 aliphatic heterocycles. The lowest BCUT2D eigenvalue weighted by atomic mass is 10.2. The van der Waals surface area contributed by atoms with E-state index in [1.54, 1.807) is 45.6 Å². The molecule has 0 radical (unpaired) electrons. The van der Waals surface area contributed by atoms with Crippen LogP contribution >= 0.6 is 0 Å². The summed E-state index contributed by atoms with van der Waals surface area (Å²) in [6, 6.07) is 11.6. The van der Waals surface area contributed by atoms with Crippen molar-refractivity contribution in [3.05, 3.63) is 60.5 Å². The van der Waals surface area contributed by atoms with E-state index in [1.807, 2.05) is 0 Å². The van der Waals surface area contributed by atoms with Crippen LogP contribution in [0.3, 0.4) is 0 Å². The molecule has 1 saturated heterocycles. The summed E-state index contributed by atoms with van der Waals surface area (Å²) < 4.78 is 46.4. The maximum atomic E-state index is 13.3. The molecule has 1 aromatic heterocycles. The number of hydrogen-bond acceptors (Lipinski definition) is 5. The Bertz CT molecular complexity index is 1280. The van der Waals surface area contributed by atoms with Gasteiger partial charge in [0.25, 0.3) is 0 Å². The Morgan fingerprint density at radius 1 is 0.970 bits per heavy atom. The van der Waals surface area contributed by atoms with Crippen molar-refractivity contribution in [2.24, 2.45) is 0 Å². The van der Waals surface area contributed by atoms with Gasteiger partial charge >= 0.3 is 6.09 Å². The minimum absolute atomic E-state index is 0.0202. The van der Waals surface area contributed by atoms with Crippen LogP contribution in [0.5, 0.6) is 0 Å². The van der Waals surface area contributed by atoms with Crippen LogP contribution in [0.1, 0.15) is 6.92 Å². The van der Waals surface area contributed by atoms with E-state index < -0.39 is 21.7 Å². The maximum absolute atomic E-state index is 13.3. The number of benzene rings is 2. The Labute approximate surface area is 191 Å². The Kier molecular flexibility index (Phi) is 6.37.